The minimum Gasteiger partial charge on any atom is -0.486 e. The Hall–Kier alpha value is -2.02. The van der Waals surface area contributed by atoms with Gasteiger partial charge in [-0.1, -0.05) is 0 Å². The van der Waals surface area contributed by atoms with Gasteiger partial charge in [0.05, 0.1) is 12.1 Å². The lowest BCUT2D eigenvalue weighted by atomic mass is 10.2. The number of halogens is 4. The fourth-order valence-electron chi connectivity index (χ4n) is 1.74. The highest BCUT2D eigenvalue weighted by Gasteiger charge is 2.34. The van der Waals surface area contributed by atoms with Crippen LogP contribution in [0.25, 0.3) is 0 Å². The number of benzene rings is 1. The van der Waals surface area contributed by atoms with Crippen molar-refractivity contribution < 1.29 is 26.7 Å². The normalized spacial score (nSPS) is 11.7. The van der Waals surface area contributed by atoms with Gasteiger partial charge in [0.1, 0.15) is 29.7 Å². The molecule has 0 unspecified atom stereocenters. The van der Waals surface area contributed by atoms with Crippen LogP contribution in [0, 0.1) is 5.82 Å². The zero-order valence-corrected chi connectivity index (χ0v) is 11.1. The van der Waals surface area contributed by atoms with Gasteiger partial charge in [0.25, 0.3) is 0 Å². The average molecular weight is 303 g/mol. The monoisotopic (exact) mass is 303 g/mol. The molecule has 3 nitrogen and oxygen atoms in total. The molecule has 2 rings (SSSR count). The van der Waals surface area contributed by atoms with Crippen LogP contribution in [0.3, 0.4) is 0 Å². The van der Waals surface area contributed by atoms with E-state index >= 15 is 0 Å². The van der Waals surface area contributed by atoms with Gasteiger partial charge in [-0.05, 0) is 37.4 Å². The summed E-state index contributed by atoms with van der Waals surface area (Å²) in [5, 5.41) is 2.90. The maximum absolute atomic E-state index is 13.1. The summed E-state index contributed by atoms with van der Waals surface area (Å²) in [4.78, 5) is 0. The van der Waals surface area contributed by atoms with Crippen LogP contribution >= 0.6 is 0 Å². The van der Waals surface area contributed by atoms with Crippen LogP contribution in [0.1, 0.15) is 17.1 Å². The Morgan fingerprint density at radius 2 is 1.86 bits per heavy atom. The van der Waals surface area contributed by atoms with Crippen LogP contribution in [0.5, 0.6) is 5.75 Å². The second-order valence-electron chi connectivity index (χ2n) is 4.33. The van der Waals surface area contributed by atoms with Crippen LogP contribution < -0.4 is 10.1 Å². The summed E-state index contributed by atoms with van der Waals surface area (Å²) in [5.74, 6) is -0.247. The van der Waals surface area contributed by atoms with Crippen molar-refractivity contribution in [1.82, 2.24) is 5.32 Å². The van der Waals surface area contributed by atoms with E-state index in [0.29, 0.717) is 24.1 Å². The van der Waals surface area contributed by atoms with Crippen molar-refractivity contribution in [3.63, 3.8) is 0 Å². The predicted molar refractivity (Wildman–Crippen MR) is 67.2 cm³/mol. The van der Waals surface area contributed by atoms with Gasteiger partial charge in [0.15, 0.2) is 0 Å². The first-order valence-corrected chi connectivity index (χ1v) is 6.12. The molecule has 2 aromatic rings. The van der Waals surface area contributed by atoms with Crippen molar-refractivity contribution in [1.29, 1.82) is 0 Å². The number of hydrogen-bond donors (Lipinski definition) is 1. The van der Waals surface area contributed by atoms with Gasteiger partial charge in [0, 0.05) is 0 Å². The van der Waals surface area contributed by atoms with E-state index in [1.54, 1.807) is 19.2 Å². The van der Waals surface area contributed by atoms with Gasteiger partial charge < -0.3 is 14.5 Å². The lowest BCUT2D eigenvalue weighted by Crippen LogP contribution is -2.08. The zero-order valence-electron chi connectivity index (χ0n) is 11.1. The SMILES string of the molecule is CNCc1ccc(COc2ccc(F)c(C(F)(F)F)c2)o1. The first-order valence-electron chi connectivity index (χ1n) is 6.12. The van der Waals surface area contributed by atoms with Gasteiger partial charge in [0.2, 0.25) is 0 Å². The third-order valence-electron chi connectivity index (χ3n) is 2.69. The summed E-state index contributed by atoms with van der Waals surface area (Å²) < 4.78 is 61.4. The molecule has 1 aromatic carbocycles. The number of hydrogen-bond acceptors (Lipinski definition) is 3. The van der Waals surface area contributed by atoms with Crippen LogP contribution in [-0.2, 0) is 19.3 Å². The Morgan fingerprint density at radius 3 is 2.52 bits per heavy atom. The minimum atomic E-state index is -4.76. The van der Waals surface area contributed by atoms with Crippen molar-refractivity contribution in [2.75, 3.05) is 7.05 Å². The zero-order chi connectivity index (χ0) is 15.5. The number of furan rings is 1. The summed E-state index contributed by atoms with van der Waals surface area (Å²) in [6, 6.07) is 5.91. The van der Waals surface area contributed by atoms with Crippen molar-refractivity contribution in [2.24, 2.45) is 0 Å². The molecule has 21 heavy (non-hydrogen) atoms. The van der Waals surface area contributed by atoms with E-state index in [-0.39, 0.29) is 12.4 Å². The smallest absolute Gasteiger partial charge is 0.419 e. The largest absolute Gasteiger partial charge is 0.486 e. The van der Waals surface area contributed by atoms with Crippen LogP contribution in [0.2, 0.25) is 0 Å². The van der Waals surface area contributed by atoms with E-state index in [0.717, 1.165) is 12.1 Å². The van der Waals surface area contributed by atoms with E-state index in [2.05, 4.69) is 5.32 Å². The summed E-state index contributed by atoms with van der Waals surface area (Å²) in [6.45, 7) is 0.501. The molecule has 1 aromatic heterocycles. The molecule has 0 fully saturated rings. The molecule has 0 aliphatic heterocycles. The molecule has 0 saturated heterocycles. The first kappa shape index (κ1) is 15.4. The third-order valence-corrected chi connectivity index (χ3v) is 2.69. The Bertz CT molecular complexity index is 607. The highest BCUT2D eigenvalue weighted by Crippen LogP contribution is 2.33. The van der Waals surface area contributed by atoms with Crippen molar-refractivity contribution in [2.45, 2.75) is 19.3 Å². The van der Waals surface area contributed by atoms with Gasteiger partial charge in [-0.15, -0.1) is 0 Å². The first-order chi connectivity index (χ1) is 9.90. The molecule has 1 N–H and O–H groups in total. The van der Waals surface area contributed by atoms with E-state index in [9.17, 15) is 17.6 Å². The molecular formula is C14H13F4NO2. The molecule has 0 aliphatic carbocycles. The molecule has 0 aliphatic rings. The Morgan fingerprint density at radius 1 is 1.14 bits per heavy atom. The second kappa shape index (κ2) is 6.17. The van der Waals surface area contributed by atoms with Crippen LogP contribution in [-0.4, -0.2) is 7.05 Å². The fraction of sp³-hybridized carbons (Fsp3) is 0.286. The van der Waals surface area contributed by atoms with Gasteiger partial charge in [-0.3, -0.25) is 0 Å². The Kier molecular flexibility index (Phi) is 4.52. The summed E-state index contributed by atoms with van der Waals surface area (Å²) in [6.07, 6.45) is -4.76. The topological polar surface area (TPSA) is 34.4 Å². The molecule has 7 heteroatoms. The van der Waals surface area contributed by atoms with Crippen LogP contribution in [0.15, 0.2) is 34.7 Å². The highest BCUT2D eigenvalue weighted by molar-refractivity contribution is 5.31. The van der Waals surface area contributed by atoms with Crippen LogP contribution in [0.4, 0.5) is 17.6 Å². The van der Waals surface area contributed by atoms with Crippen molar-refractivity contribution in [3.8, 4) is 5.75 Å². The molecule has 0 bridgehead atoms. The molecule has 1 heterocycles. The molecule has 0 amide bonds. The molecule has 0 radical (unpaired) electrons. The molecule has 114 valence electrons. The predicted octanol–water partition coefficient (Wildman–Crippen LogP) is 3.74. The minimum absolute atomic E-state index is 0.0351. The second-order valence-corrected chi connectivity index (χ2v) is 4.33. The number of ether oxygens (including phenoxy) is 1. The maximum Gasteiger partial charge on any atom is 0.419 e. The standard InChI is InChI=1S/C14H13F4NO2/c1-19-7-10-2-3-11(21-10)8-20-9-4-5-13(15)12(6-9)14(16,17)18/h2-6,19H,7-8H2,1H3. The number of nitrogens with one attached hydrogen (secondary N) is 1. The van der Waals surface area contributed by atoms with Crippen molar-refractivity contribution >= 4 is 0 Å². The van der Waals surface area contributed by atoms with E-state index in [1.807, 2.05) is 0 Å². The average Bonchev–Trinajstić information content (AvgIpc) is 2.85. The summed E-state index contributed by atoms with van der Waals surface area (Å²) in [5.41, 5.74) is -1.35. The fourth-order valence-corrected chi connectivity index (χ4v) is 1.74. The molecular weight excluding hydrogens is 290 g/mol. The lowest BCUT2D eigenvalue weighted by Gasteiger charge is -2.10. The lowest BCUT2D eigenvalue weighted by molar-refractivity contribution is -0.140. The maximum atomic E-state index is 13.1. The van der Waals surface area contributed by atoms with E-state index in [4.69, 9.17) is 9.15 Å². The quantitative estimate of drug-likeness (QED) is 0.855. The molecule has 0 atom stereocenters. The number of rotatable bonds is 5. The molecule has 0 spiro atoms. The molecule has 0 saturated carbocycles. The van der Waals surface area contributed by atoms with E-state index < -0.39 is 17.6 Å². The number of alkyl halides is 3. The van der Waals surface area contributed by atoms with Gasteiger partial charge in [-0.2, -0.15) is 13.2 Å². The summed E-state index contributed by atoms with van der Waals surface area (Å²) >= 11 is 0. The highest BCUT2D eigenvalue weighted by atomic mass is 19.4. The Labute approximate surface area is 118 Å². The Balaban J connectivity index is 2.06. The third kappa shape index (κ3) is 3.98. The van der Waals surface area contributed by atoms with Gasteiger partial charge >= 0.3 is 6.18 Å². The van der Waals surface area contributed by atoms with Gasteiger partial charge in [-0.25, -0.2) is 4.39 Å². The van der Waals surface area contributed by atoms with Crippen molar-refractivity contribution in [3.05, 3.63) is 53.2 Å². The van der Waals surface area contributed by atoms with E-state index in [1.165, 1.54) is 0 Å². The summed E-state index contributed by atoms with van der Waals surface area (Å²) in [7, 11) is 1.76.